The van der Waals surface area contributed by atoms with E-state index in [-0.39, 0.29) is 13.2 Å². The van der Waals surface area contributed by atoms with E-state index in [9.17, 15) is 8.78 Å². The molecular formula is C10H12F2N4O. The average molecular weight is 242 g/mol. The Morgan fingerprint density at radius 1 is 1.41 bits per heavy atom. The number of hydrogen-bond acceptors (Lipinski definition) is 4. The summed E-state index contributed by atoms with van der Waals surface area (Å²) in [6.07, 6.45) is 2.22. The van der Waals surface area contributed by atoms with Crippen molar-refractivity contribution in [2.45, 2.75) is 6.43 Å². The first-order valence-corrected chi connectivity index (χ1v) is 5.14. The van der Waals surface area contributed by atoms with Gasteiger partial charge in [-0.2, -0.15) is 5.10 Å². The summed E-state index contributed by atoms with van der Waals surface area (Å²) in [5, 5.41) is 12.9. The highest BCUT2D eigenvalue weighted by molar-refractivity contribution is 5.68. The lowest BCUT2D eigenvalue weighted by atomic mass is 10.4. The minimum Gasteiger partial charge on any atom is -0.395 e. The van der Waals surface area contributed by atoms with Crippen LogP contribution in [0.2, 0.25) is 0 Å². The summed E-state index contributed by atoms with van der Waals surface area (Å²) >= 11 is 0. The zero-order valence-corrected chi connectivity index (χ0v) is 9.00. The monoisotopic (exact) mass is 242 g/mol. The molecule has 0 unspecified atom stereocenters. The van der Waals surface area contributed by atoms with E-state index in [4.69, 9.17) is 5.11 Å². The van der Waals surface area contributed by atoms with Gasteiger partial charge in [-0.3, -0.25) is 0 Å². The van der Waals surface area contributed by atoms with Gasteiger partial charge < -0.3 is 10.0 Å². The van der Waals surface area contributed by atoms with Gasteiger partial charge in [0.05, 0.1) is 19.3 Å². The molecule has 2 aromatic rings. The number of rotatable bonds is 5. The minimum absolute atomic E-state index is 0.113. The largest absolute Gasteiger partial charge is 0.395 e. The van der Waals surface area contributed by atoms with Crippen LogP contribution in [0.5, 0.6) is 0 Å². The Hall–Kier alpha value is -1.76. The molecular weight excluding hydrogens is 230 g/mol. The third-order valence-electron chi connectivity index (χ3n) is 2.33. The number of fused-ring (bicyclic) bond motifs is 1. The summed E-state index contributed by atoms with van der Waals surface area (Å²) in [5.41, 5.74) is 0.640. The maximum absolute atomic E-state index is 12.4. The molecule has 0 amide bonds. The predicted octanol–water partition coefficient (Wildman–Crippen LogP) is 0.793. The molecule has 1 N–H and O–H groups in total. The molecule has 2 heterocycles. The van der Waals surface area contributed by atoms with Crippen molar-refractivity contribution in [2.24, 2.45) is 0 Å². The number of halogens is 2. The van der Waals surface area contributed by atoms with Gasteiger partial charge in [0.1, 0.15) is 5.52 Å². The molecule has 7 heteroatoms. The minimum atomic E-state index is -2.48. The van der Waals surface area contributed by atoms with Gasteiger partial charge in [0.15, 0.2) is 5.82 Å². The van der Waals surface area contributed by atoms with Crippen molar-refractivity contribution in [3.8, 4) is 0 Å². The normalized spacial score (nSPS) is 11.3. The molecule has 0 aliphatic heterocycles. The molecule has 0 aromatic carbocycles. The fourth-order valence-corrected chi connectivity index (χ4v) is 1.66. The summed E-state index contributed by atoms with van der Waals surface area (Å²) < 4.78 is 26.4. The van der Waals surface area contributed by atoms with Gasteiger partial charge in [-0.05, 0) is 6.07 Å². The van der Waals surface area contributed by atoms with E-state index in [1.807, 2.05) is 0 Å². The zero-order valence-electron chi connectivity index (χ0n) is 9.00. The van der Waals surface area contributed by atoms with Crippen molar-refractivity contribution >= 4 is 11.3 Å². The van der Waals surface area contributed by atoms with Gasteiger partial charge in [0.25, 0.3) is 6.43 Å². The van der Waals surface area contributed by atoms with Crippen molar-refractivity contribution in [1.29, 1.82) is 0 Å². The topological polar surface area (TPSA) is 53.7 Å². The quantitative estimate of drug-likeness (QED) is 0.842. The van der Waals surface area contributed by atoms with Crippen LogP contribution in [0.4, 0.5) is 14.6 Å². The molecule has 5 nitrogen and oxygen atoms in total. The van der Waals surface area contributed by atoms with Crippen LogP contribution in [0.3, 0.4) is 0 Å². The van der Waals surface area contributed by atoms with Crippen molar-refractivity contribution < 1.29 is 13.9 Å². The molecule has 0 saturated heterocycles. The number of aromatic nitrogens is 3. The van der Waals surface area contributed by atoms with E-state index >= 15 is 0 Å². The summed E-state index contributed by atoms with van der Waals surface area (Å²) in [5.74, 6) is 0.402. The van der Waals surface area contributed by atoms with E-state index < -0.39 is 13.0 Å². The Kier molecular flexibility index (Phi) is 3.48. The van der Waals surface area contributed by atoms with E-state index in [0.717, 1.165) is 0 Å². The van der Waals surface area contributed by atoms with Gasteiger partial charge in [0.2, 0.25) is 0 Å². The maximum atomic E-state index is 12.4. The number of aliphatic hydroxyl groups is 1. The fourth-order valence-electron chi connectivity index (χ4n) is 1.66. The van der Waals surface area contributed by atoms with Crippen LogP contribution >= 0.6 is 0 Å². The summed E-state index contributed by atoms with van der Waals surface area (Å²) in [7, 11) is 0. The molecule has 0 spiro atoms. The average Bonchev–Trinajstić information content (AvgIpc) is 2.75. The predicted molar refractivity (Wildman–Crippen MR) is 58.3 cm³/mol. The molecule has 0 saturated carbocycles. The van der Waals surface area contributed by atoms with Crippen molar-refractivity contribution in [2.75, 3.05) is 24.6 Å². The summed E-state index contributed by atoms with van der Waals surface area (Å²) in [6.45, 7) is -0.551. The van der Waals surface area contributed by atoms with Crippen LogP contribution in [-0.2, 0) is 0 Å². The van der Waals surface area contributed by atoms with E-state index in [1.165, 1.54) is 11.1 Å². The van der Waals surface area contributed by atoms with Crippen LogP contribution in [0.25, 0.3) is 5.52 Å². The van der Waals surface area contributed by atoms with Gasteiger partial charge in [-0.25, -0.2) is 18.3 Å². The highest BCUT2D eigenvalue weighted by atomic mass is 19.3. The van der Waals surface area contributed by atoms with Gasteiger partial charge in [0, 0.05) is 18.9 Å². The molecule has 2 aromatic heterocycles. The van der Waals surface area contributed by atoms with Crippen LogP contribution in [0.1, 0.15) is 0 Å². The van der Waals surface area contributed by atoms with Crippen molar-refractivity contribution in [3.05, 3.63) is 24.7 Å². The highest BCUT2D eigenvalue weighted by Gasteiger charge is 2.16. The number of nitrogens with zero attached hydrogens (tertiary/aromatic N) is 4. The third kappa shape index (κ3) is 2.50. The van der Waals surface area contributed by atoms with Crippen molar-refractivity contribution in [1.82, 2.24) is 14.6 Å². The second-order valence-corrected chi connectivity index (χ2v) is 3.47. The maximum Gasteiger partial charge on any atom is 0.255 e. The van der Waals surface area contributed by atoms with Gasteiger partial charge >= 0.3 is 0 Å². The molecule has 92 valence electrons. The van der Waals surface area contributed by atoms with Gasteiger partial charge in [-0.15, -0.1) is 0 Å². The van der Waals surface area contributed by atoms with Gasteiger partial charge in [-0.1, -0.05) is 0 Å². The Balaban J connectivity index is 2.36. The first-order chi connectivity index (χ1) is 8.22. The summed E-state index contributed by atoms with van der Waals surface area (Å²) in [4.78, 5) is 5.42. The lowest BCUT2D eigenvalue weighted by molar-refractivity contribution is 0.152. The smallest absolute Gasteiger partial charge is 0.255 e. The molecule has 0 radical (unpaired) electrons. The van der Waals surface area contributed by atoms with Crippen molar-refractivity contribution in [3.63, 3.8) is 0 Å². The second kappa shape index (κ2) is 5.05. The number of anilines is 1. The first-order valence-electron chi connectivity index (χ1n) is 5.14. The molecule has 0 aliphatic rings. The van der Waals surface area contributed by atoms with Crippen LogP contribution in [0.15, 0.2) is 24.7 Å². The van der Waals surface area contributed by atoms with Crippen LogP contribution < -0.4 is 4.90 Å². The Morgan fingerprint density at radius 3 is 2.94 bits per heavy atom. The highest BCUT2D eigenvalue weighted by Crippen LogP contribution is 2.18. The fraction of sp³-hybridized carbons (Fsp3) is 0.400. The zero-order chi connectivity index (χ0) is 12.3. The molecule has 17 heavy (non-hydrogen) atoms. The number of alkyl halides is 2. The SMILES string of the molecule is OCCN(CC(F)F)c1nccn2nccc12. The Labute approximate surface area is 96.3 Å². The number of aliphatic hydroxyl groups excluding tert-OH is 1. The van der Waals surface area contributed by atoms with Crippen LogP contribution in [0, 0.1) is 0 Å². The van der Waals surface area contributed by atoms with E-state index in [0.29, 0.717) is 11.3 Å². The Bertz CT molecular complexity index is 488. The van der Waals surface area contributed by atoms with Crippen LogP contribution in [-0.4, -0.2) is 45.8 Å². The first kappa shape index (κ1) is 11.7. The molecule has 0 fully saturated rings. The Morgan fingerprint density at radius 2 is 2.24 bits per heavy atom. The second-order valence-electron chi connectivity index (χ2n) is 3.47. The molecule has 0 atom stereocenters. The summed E-state index contributed by atoms with van der Waals surface area (Å²) in [6, 6.07) is 1.69. The third-order valence-corrected chi connectivity index (χ3v) is 2.33. The standard InChI is InChI=1S/C10H12F2N4O/c11-9(12)7-15(5-6-17)10-8-1-2-14-16(8)4-3-13-10/h1-4,9,17H,5-7H2. The lowest BCUT2D eigenvalue weighted by Crippen LogP contribution is -2.32. The lowest BCUT2D eigenvalue weighted by Gasteiger charge is -2.22. The van der Waals surface area contributed by atoms with E-state index in [1.54, 1.807) is 23.0 Å². The van der Waals surface area contributed by atoms with E-state index in [2.05, 4.69) is 10.1 Å². The molecule has 0 bridgehead atoms. The molecule has 0 aliphatic carbocycles. The molecule has 2 rings (SSSR count). The number of hydrogen-bond donors (Lipinski definition) is 1.